The third-order valence-electron chi connectivity index (χ3n) is 2.70. The van der Waals surface area contributed by atoms with Gasteiger partial charge in [0.05, 0.1) is 0 Å². The van der Waals surface area contributed by atoms with Gasteiger partial charge in [-0.25, -0.2) is 4.89 Å². The summed E-state index contributed by atoms with van der Waals surface area (Å²) < 4.78 is 0. The molecule has 0 aliphatic heterocycles. The van der Waals surface area contributed by atoms with Gasteiger partial charge < -0.3 is 5.11 Å². The molecule has 0 bridgehead atoms. The van der Waals surface area contributed by atoms with E-state index in [0.29, 0.717) is 0 Å². The molecule has 3 heteroatoms. The lowest BCUT2D eigenvalue weighted by atomic mass is 10.1. The second-order valence-electron chi connectivity index (χ2n) is 4.43. The zero-order valence-corrected chi connectivity index (χ0v) is 12.1. The number of allylic oxidation sites excluding steroid dienone is 1. The van der Waals surface area contributed by atoms with E-state index in [1.807, 2.05) is 0 Å². The summed E-state index contributed by atoms with van der Waals surface area (Å²) in [5, 5.41) is 17.8. The lowest BCUT2D eigenvalue weighted by Gasteiger charge is -2.07. The van der Waals surface area contributed by atoms with Gasteiger partial charge in [-0.15, -0.1) is 0 Å². The van der Waals surface area contributed by atoms with Crippen LogP contribution in [-0.2, 0) is 4.89 Å². The van der Waals surface area contributed by atoms with Crippen LogP contribution in [0.2, 0.25) is 0 Å². The predicted octanol–water partition coefficient (Wildman–Crippen LogP) is 3.32. The molecule has 20 heavy (non-hydrogen) atoms. The van der Waals surface area contributed by atoms with Crippen molar-refractivity contribution in [2.75, 3.05) is 0 Å². The fraction of sp³-hybridized carbons (Fsp3) is 0.529. The molecule has 0 aromatic heterocycles. The lowest BCUT2D eigenvalue weighted by molar-refractivity contribution is -0.267. The number of unbranched alkanes of at least 4 members (excludes halogenated alkanes) is 4. The summed E-state index contributed by atoms with van der Waals surface area (Å²) in [7, 11) is 0. The Balaban J connectivity index is 3.97. The van der Waals surface area contributed by atoms with E-state index in [1.165, 1.54) is 25.3 Å². The summed E-state index contributed by atoms with van der Waals surface area (Å²) >= 11 is 0. The van der Waals surface area contributed by atoms with Gasteiger partial charge in [0.1, 0.15) is 12.2 Å². The normalized spacial score (nSPS) is 12.9. The number of hydrogen-bond acceptors (Lipinski definition) is 3. The van der Waals surface area contributed by atoms with E-state index >= 15 is 0 Å². The van der Waals surface area contributed by atoms with Crippen LogP contribution in [0.5, 0.6) is 0 Å². The summed E-state index contributed by atoms with van der Waals surface area (Å²) in [6, 6.07) is 0. The molecule has 0 saturated heterocycles. The maximum absolute atomic E-state index is 9.07. The van der Waals surface area contributed by atoms with Gasteiger partial charge in [-0.05, 0) is 30.4 Å². The molecule has 0 aliphatic carbocycles. The fourth-order valence-electron chi connectivity index (χ4n) is 1.54. The van der Waals surface area contributed by atoms with Gasteiger partial charge in [-0.1, -0.05) is 63.5 Å². The maximum atomic E-state index is 9.07. The van der Waals surface area contributed by atoms with Gasteiger partial charge in [-0.3, -0.25) is 5.26 Å². The Morgan fingerprint density at radius 1 is 1.20 bits per heavy atom. The minimum absolute atomic E-state index is 0.322. The van der Waals surface area contributed by atoms with Crippen LogP contribution in [-0.4, -0.2) is 22.6 Å². The summed E-state index contributed by atoms with van der Waals surface area (Å²) in [6.07, 6.45) is 10.1. The Hall–Kier alpha value is -1.52. The zero-order valence-electron chi connectivity index (χ0n) is 12.1. The number of aliphatic hydroxyl groups is 1. The maximum Gasteiger partial charge on any atom is 0.134 e. The highest BCUT2D eigenvalue weighted by molar-refractivity contribution is 5.32. The first kappa shape index (κ1) is 18.5. The van der Waals surface area contributed by atoms with Crippen molar-refractivity contribution in [3.63, 3.8) is 0 Å². The standard InChI is InChI=1S/C17H24O3/c1-3-5-6-7-11-14-17(20-19)15-12-9-8-10-13-16(18)4-2/h4,12,15-19H,2-3,5-7,11,14H2,1H3/b15-12+/t16-,17+/m1/s1. The smallest absolute Gasteiger partial charge is 0.134 e. The van der Waals surface area contributed by atoms with Crippen molar-refractivity contribution < 1.29 is 15.3 Å². The van der Waals surface area contributed by atoms with Crippen LogP contribution in [0.25, 0.3) is 0 Å². The molecular weight excluding hydrogens is 252 g/mol. The van der Waals surface area contributed by atoms with Crippen molar-refractivity contribution in [3.05, 3.63) is 24.8 Å². The van der Waals surface area contributed by atoms with Crippen LogP contribution in [0.1, 0.15) is 45.4 Å². The first-order chi connectivity index (χ1) is 9.74. The van der Waals surface area contributed by atoms with E-state index in [2.05, 4.69) is 42.1 Å². The van der Waals surface area contributed by atoms with Crippen molar-refractivity contribution in [2.24, 2.45) is 0 Å². The SMILES string of the molecule is C=C[C@@H](O)C#CC#C/C=C/[C@H](CCCCCCC)OO. The van der Waals surface area contributed by atoms with E-state index in [1.54, 1.807) is 12.2 Å². The van der Waals surface area contributed by atoms with Crippen LogP contribution in [0.3, 0.4) is 0 Å². The van der Waals surface area contributed by atoms with Gasteiger partial charge in [-0.2, -0.15) is 0 Å². The average Bonchev–Trinajstić information content (AvgIpc) is 2.47. The van der Waals surface area contributed by atoms with Crippen LogP contribution in [0.4, 0.5) is 0 Å². The topological polar surface area (TPSA) is 49.7 Å². The lowest BCUT2D eigenvalue weighted by Crippen LogP contribution is -2.06. The first-order valence-electron chi connectivity index (χ1n) is 7.03. The summed E-state index contributed by atoms with van der Waals surface area (Å²) in [5.74, 6) is 10.3. The molecule has 0 amide bonds. The van der Waals surface area contributed by atoms with E-state index in [-0.39, 0.29) is 6.10 Å². The van der Waals surface area contributed by atoms with Crippen LogP contribution < -0.4 is 0 Å². The highest BCUT2D eigenvalue weighted by Gasteiger charge is 2.03. The molecule has 2 N–H and O–H groups in total. The molecule has 0 aliphatic rings. The summed E-state index contributed by atoms with van der Waals surface area (Å²) in [4.78, 5) is 4.38. The molecule has 0 unspecified atom stereocenters. The monoisotopic (exact) mass is 276 g/mol. The zero-order chi connectivity index (χ0) is 15.1. The molecular formula is C17H24O3. The van der Waals surface area contributed by atoms with Crippen LogP contribution in [0.15, 0.2) is 24.8 Å². The highest BCUT2D eigenvalue weighted by Crippen LogP contribution is 2.09. The molecule has 0 fully saturated rings. The summed E-state index contributed by atoms with van der Waals surface area (Å²) in [5.41, 5.74) is 0. The van der Waals surface area contributed by atoms with Gasteiger partial charge >= 0.3 is 0 Å². The Kier molecular flexibility index (Phi) is 12.8. The molecule has 0 spiro atoms. The molecule has 0 aromatic carbocycles. The van der Waals surface area contributed by atoms with Gasteiger partial charge in [0.15, 0.2) is 0 Å². The van der Waals surface area contributed by atoms with E-state index in [9.17, 15) is 0 Å². The van der Waals surface area contributed by atoms with Crippen molar-refractivity contribution in [1.82, 2.24) is 0 Å². The van der Waals surface area contributed by atoms with Gasteiger partial charge in [0.25, 0.3) is 0 Å². The minimum atomic E-state index is -0.843. The number of rotatable bonds is 9. The Morgan fingerprint density at radius 2 is 1.95 bits per heavy atom. The van der Waals surface area contributed by atoms with Gasteiger partial charge in [0.2, 0.25) is 0 Å². The van der Waals surface area contributed by atoms with Crippen molar-refractivity contribution in [3.8, 4) is 23.7 Å². The van der Waals surface area contributed by atoms with Gasteiger partial charge in [0, 0.05) is 0 Å². The third-order valence-corrected chi connectivity index (χ3v) is 2.70. The van der Waals surface area contributed by atoms with Crippen LogP contribution >= 0.6 is 0 Å². The highest BCUT2D eigenvalue weighted by atomic mass is 17.1. The number of hydrogen-bond donors (Lipinski definition) is 2. The molecule has 0 rings (SSSR count). The van der Waals surface area contributed by atoms with Crippen LogP contribution in [0, 0.1) is 23.7 Å². The van der Waals surface area contributed by atoms with Crippen molar-refractivity contribution in [2.45, 2.75) is 57.7 Å². The van der Waals surface area contributed by atoms with E-state index < -0.39 is 6.10 Å². The number of aliphatic hydroxyl groups excluding tert-OH is 1. The average molecular weight is 276 g/mol. The van der Waals surface area contributed by atoms with Crippen molar-refractivity contribution >= 4 is 0 Å². The second-order valence-corrected chi connectivity index (χ2v) is 4.43. The third kappa shape index (κ3) is 11.6. The summed E-state index contributed by atoms with van der Waals surface area (Å²) in [6.45, 7) is 5.58. The van der Waals surface area contributed by atoms with Crippen molar-refractivity contribution in [1.29, 1.82) is 0 Å². The molecule has 0 saturated carbocycles. The Labute approximate surface area is 122 Å². The first-order valence-corrected chi connectivity index (χ1v) is 7.03. The second kappa shape index (κ2) is 13.9. The van der Waals surface area contributed by atoms with E-state index in [4.69, 9.17) is 10.4 Å². The largest absolute Gasteiger partial charge is 0.377 e. The fourth-order valence-corrected chi connectivity index (χ4v) is 1.54. The predicted molar refractivity (Wildman–Crippen MR) is 81.8 cm³/mol. The van der Waals surface area contributed by atoms with E-state index in [0.717, 1.165) is 19.3 Å². The molecule has 0 radical (unpaired) electrons. The molecule has 0 heterocycles. The quantitative estimate of drug-likeness (QED) is 0.223. The molecule has 110 valence electrons. The molecule has 0 aromatic rings. The molecule has 2 atom stereocenters. The Morgan fingerprint density at radius 3 is 2.60 bits per heavy atom. The minimum Gasteiger partial charge on any atom is -0.377 e. The Bertz CT molecular complexity index is 390. The molecule has 3 nitrogen and oxygen atoms in total.